The molecule has 0 unspecified atom stereocenters. The standard InChI is InChI=1S/C9H7ClFNO/c10-7-4-6(2-1-3-12)8(11)5-9(7)13/h4-5,13H,1-2H2. The molecule has 0 amide bonds. The molecule has 0 radical (unpaired) electrons. The van der Waals surface area contributed by atoms with E-state index in [9.17, 15) is 4.39 Å². The van der Waals surface area contributed by atoms with Crippen LogP contribution in [-0.2, 0) is 6.42 Å². The van der Waals surface area contributed by atoms with E-state index in [2.05, 4.69) is 0 Å². The van der Waals surface area contributed by atoms with Crippen molar-refractivity contribution in [1.29, 1.82) is 5.26 Å². The summed E-state index contributed by atoms with van der Waals surface area (Å²) in [4.78, 5) is 0. The number of nitrogens with zero attached hydrogens (tertiary/aromatic N) is 1. The van der Waals surface area contributed by atoms with Crippen LogP contribution in [0.3, 0.4) is 0 Å². The van der Waals surface area contributed by atoms with Gasteiger partial charge in [0.2, 0.25) is 0 Å². The van der Waals surface area contributed by atoms with Crippen LogP contribution in [0.5, 0.6) is 5.75 Å². The first-order valence-corrected chi connectivity index (χ1v) is 4.06. The summed E-state index contributed by atoms with van der Waals surface area (Å²) in [5, 5.41) is 17.4. The molecule has 1 aromatic carbocycles. The highest BCUT2D eigenvalue weighted by Gasteiger charge is 2.06. The highest BCUT2D eigenvalue weighted by Crippen LogP contribution is 2.26. The number of phenols is 1. The van der Waals surface area contributed by atoms with Crippen molar-refractivity contribution in [3.63, 3.8) is 0 Å². The maximum absolute atomic E-state index is 13.0. The van der Waals surface area contributed by atoms with Crippen LogP contribution in [0.15, 0.2) is 12.1 Å². The molecule has 0 spiro atoms. The molecule has 0 aromatic heterocycles. The molecule has 0 aliphatic rings. The monoisotopic (exact) mass is 199 g/mol. The second kappa shape index (κ2) is 4.11. The molecule has 0 saturated carbocycles. The SMILES string of the molecule is N#CCCc1cc(Cl)c(O)cc1F. The molecule has 4 heteroatoms. The summed E-state index contributed by atoms with van der Waals surface area (Å²) in [5.41, 5.74) is 0.351. The van der Waals surface area contributed by atoms with Gasteiger partial charge in [0.15, 0.2) is 0 Å². The van der Waals surface area contributed by atoms with Gasteiger partial charge in [-0.25, -0.2) is 4.39 Å². The van der Waals surface area contributed by atoms with Crippen LogP contribution in [-0.4, -0.2) is 5.11 Å². The minimum atomic E-state index is -0.530. The zero-order valence-corrected chi connectivity index (χ0v) is 7.48. The lowest BCUT2D eigenvalue weighted by atomic mass is 10.1. The van der Waals surface area contributed by atoms with E-state index in [-0.39, 0.29) is 17.2 Å². The maximum Gasteiger partial charge on any atom is 0.137 e. The van der Waals surface area contributed by atoms with Crippen molar-refractivity contribution >= 4 is 11.6 Å². The average Bonchev–Trinajstić information content (AvgIpc) is 2.09. The minimum absolute atomic E-state index is 0.106. The van der Waals surface area contributed by atoms with Gasteiger partial charge in [-0.1, -0.05) is 11.6 Å². The third-order valence-electron chi connectivity index (χ3n) is 1.62. The van der Waals surface area contributed by atoms with E-state index < -0.39 is 5.82 Å². The van der Waals surface area contributed by atoms with Crippen LogP contribution < -0.4 is 0 Å². The highest BCUT2D eigenvalue weighted by molar-refractivity contribution is 6.32. The van der Waals surface area contributed by atoms with Crippen molar-refractivity contribution in [2.75, 3.05) is 0 Å². The average molecular weight is 200 g/mol. The Morgan fingerprint density at radius 1 is 1.54 bits per heavy atom. The largest absolute Gasteiger partial charge is 0.506 e. The highest BCUT2D eigenvalue weighted by atomic mass is 35.5. The summed E-state index contributed by atoms with van der Waals surface area (Å²) in [6, 6.07) is 4.20. The number of aromatic hydroxyl groups is 1. The quantitative estimate of drug-likeness (QED) is 0.796. The summed E-state index contributed by atoms with van der Waals surface area (Å²) < 4.78 is 13.0. The van der Waals surface area contributed by atoms with Crippen molar-refractivity contribution in [3.05, 3.63) is 28.5 Å². The first-order chi connectivity index (χ1) is 6.15. The number of benzene rings is 1. The molecule has 1 rings (SSSR count). The van der Waals surface area contributed by atoms with Gasteiger partial charge in [0, 0.05) is 12.5 Å². The van der Waals surface area contributed by atoms with Gasteiger partial charge in [0.05, 0.1) is 11.1 Å². The van der Waals surface area contributed by atoms with Crippen LogP contribution in [0.25, 0.3) is 0 Å². The van der Waals surface area contributed by atoms with E-state index in [0.29, 0.717) is 12.0 Å². The molecular weight excluding hydrogens is 193 g/mol. The normalized spacial score (nSPS) is 9.62. The molecule has 68 valence electrons. The van der Waals surface area contributed by atoms with Gasteiger partial charge in [-0.3, -0.25) is 0 Å². The zero-order valence-electron chi connectivity index (χ0n) is 6.72. The van der Waals surface area contributed by atoms with Crippen LogP contribution in [0.4, 0.5) is 4.39 Å². The predicted octanol–water partition coefficient (Wildman–Crippen LogP) is 2.64. The Morgan fingerprint density at radius 3 is 2.85 bits per heavy atom. The molecule has 1 N–H and O–H groups in total. The third-order valence-corrected chi connectivity index (χ3v) is 1.92. The van der Waals surface area contributed by atoms with Gasteiger partial charge in [0.25, 0.3) is 0 Å². The first-order valence-electron chi connectivity index (χ1n) is 3.69. The summed E-state index contributed by atoms with van der Waals surface area (Å²) in [6.07, 6.45) is 0.542. The second-order valence-corrected chi connectivity index (χ2v) is 2.96. The van der Waals surface area contributed by atoms with Gasteiger partial charge in [-0.2, -0.15) is 5.26 Å². The van der Waals surface area contributed by atoms with E-state index in [1.54, 1.807) is 0 Å². The van der Waals surface area contributed by atoms with Crippen molar-refractivity contribution in [2.24, 2.45) is 0 Å². The molecule has 0 bridgehead atoms. The molecular formula is C9H7ClFNO. The van der Waals surface area contributed by atoms with Gasteiger partial charge in [0.1, 0.15) is 11.6 Å². The molecule has 0 atom stereocenters. The number of halogens is 2. The van der Waals surface area contributed by atoms with Gasteiger partial charge < -0.3 is 5.11 Å². The smallest absolute Gasteiger partial charge is 0.137 e. The molecule has 0 aliphatic carbocycles. The Kier molecular flexibility index (Phi) is 3.10. The molecule has 13 heavy (non-hydrogen) atoms. The number of hydrogen-bond donors (Lipinski definition) is 1. The Morgan fingerprint density at radius 2 is 2.23 bits per heavy atom. The Balaban J connectivity index is 2.96. The number of nitriles is 1. The Labute approximate surface area is 80.2 Å². The van der Waals surface area contributed by atoms with Crippen molar-refractivity contribution in [2.45, 2.75) is 12.8 Å². The Hall–Kier alpha value is -1.27. The zero-order chi connectivity index (χ0) is 9.84. The third kappa shape index (κ3) is 2.33. The van der Waals surface area contributed by atoms with E-state index in [1.807, 2.05) is 6.07 Å². The summed E-state index contributed by atoms with van der Waals surface area (Å²) in [5.74, 6) is -0.808. The second-order valence-electron chi connectivity index (χ2n) is 2.55. The molecule has 2 nitrogen and oxygen atoms in total. The van der Waals surface area contributed by atoms with Crippen molar-refractivity contribution < 1.29 is 9.50 Å². The summed E-state index contributed by atoms with van der Waals surface area (Å²) in [6.45, 7) is 0. The topological polar surface area (TPSA) is 44.0 Å². The summed E-state index contributed by atoms with van der Waals surface area (Å²) in [7, 11) is 0. The maximum atomic E-state index is 13.0. The lowest BCUT2D eigenvalue weighted by Gasteiger charge is -2.02. The summed E-state index contributed by atoms with van der Waals surface area (Å²) >= 11 is 5.57. The Bertz CT molecular complexity index is 359. The van der Waals surface area contributed by atoms with E-state index >= 15 is 0 Å². The lowest BCUT2D eigenvalue weighted by molar-refractivity contribution is 0.468. The van der Waals surface area contributed by atoms with Crippen LogP contribution >= 0.6 is 11.6 Å². The molecule has 1 aromatic rings. The first kappa shape index (κ1) is 9.82. The molecule has 0 aliphatic heterocycles. The fourth-order valence-corrected chi connectivity index (χ4v) is 1.15. The van der Waals surface area contributed by atoms with Gasteiger partial charge >= 0.3 is 0 Å². The van der Waals surface area contributed by atoms with Gasteiger partial charge in [-0.15, -0.1) is 0 Å². The van der Waals surface area contributed by atoms with Crippen molar-refractivity contribution in [3.8, 4) is 11.8 Å². The van der Waals surface area contributed by atoms with Gasteiger partial charge in [-0.05, 0) is 18.1 Å². The van der Waals surface area contributed by atoms with E-state index in [0.717, 1.165) is 6.07 Å². The van der Waals surface area contributed by atoms with Crippen LogP contribution in [0.1, 0.15) is 12.0 Å². The number of aryl methyl sites for hydroxylation is 1. The number of rotatable bonds is 2. The minimum Gasteiger partial charge on any atom is -0.506 e. The van der Waals surface area contributed by atoms with Crippen LogP contribution in [0, 0.1) is 17.1 Å². The molecule has 0 heterocycles. The lowest BCUT2D eigenvalue weighted by Crippen LogP contribution is -1.89. The van der Waals surface area contributed by atoms with E-state index in [4.69, 9.17) is 22.0 Å². The van der Waals surface area contributed by atoms with E-state index in [1.165, 1.54) is 6.07 Å². The molecule has 0 saturated heterocycles. The van der Waals surface area contributed by atoms with Crippen molar-refractivity contribution in [1.82, 2.24) is 0 Å². The predicted molar refractivity (Wildman–Crippen MR) is 47.0 cm³/mol. The number of phenolic OH excluding ortho intramolecular Hbond substituents is 1. The van der Waals surface area contributed by atoms with Crippen LogP contribution in [0.2, 0.25) is 5.02 Å². The number of hydrogen-bond acceptors (Lipinski definition) is 2. The fraction of sp³-hybridized carbons (Fsp3) is 0.222. The fourth-order valence-electron chi connectivity index (χ4n) is 0.960. The molecule has 0 fully saturated rings.